The van der Waals surface area contributed by atoms with Gasteiger partial charge in [0.25, 0.3) is 11.8 Å². The van der Waals surface area contributed by atoms with E-state index < -0.39 is 27.6 Å². The molecule has 4 aliphatic rings. The number of aryl methyl sites for hydroxylation is 1. The molecular formula is C40H52ClN3O7S. The Morgan fingerprint density at radius 1 is 0.923 bits per heavy atom. The number of amides is 2. The van der Waals surface area contributed by atoms with Gasteiger partial charge in [-0.2, -0.15) is 8.42 Å². The molecule has 0 aromatic heterocycles. The lowest BCUT2D eigenvalue weighted by Gasteiger charge is -2.31. The van der Waals surface area contributed by atoms with Crippen LogP contribution in [0.1, 0.15) is 94.8 Å². The van der Waals surface area contributed by atoms with E-state index in [9.17, 15) is 18.0 Å². The summed E-state index contributed by atoms with van der Waals surface area (Å²) < 4.78 is 39.5. The third-order valence-corrected chi connectivity index (χ3v) is 12.4. The first-order valence-electron chi connectivity index (χ1n) is 17.9. The van der Waals surface area contributed by atoms with Crippen LogP contribution in [0.2, 0.25) is 5.02 Å². The van der Waals surface area contributed by atoms with Crippen LogP contribution >= 0.6 is 11.6 Å². The van der Waals surface area contributed by atoms with Crippen LogP contribution in [0.25, 0.3) is 0 Å². The van der Waals surface area contributed by atoms with Gasteiger partial charge < -0.3 is 9.47 Å². The molecule has 3 saturated heterocycles. The summed E-state index contributed by atoms with van der Waals surface area (Å²) >= 11 is 6.03. The highest BCUT2D eigenvalue weighted by Crippen LogP contribution is 2.55. The van der Waals surface area contributed by atoms with Crippen molar-refractivity contribution in [2.75, 3.05) is 11.3 Å². The van der Waals surface area contributed by atoms with Crippen molar-refractivity contribution in [2.24, 2.45) is 11.3 Å². The molecule has 3 atom stereocenters. The van der Waals surface area contributed by atoms with Gasteiger partial charge in [-0.25, -0.2) is 9.37 Å². The average molecular weight is 754 g/mol. The molecule has 12 heteroatoms. The van der Waals surface area contributed by atoms with Crippen LogP contribution < -0.4 is 4.72 Å². The summed E-state index contributed by atoms with van der Waals surface area (Å²) in [6.07, 6.45) is 3.60. The number of ether oxygens (including phenoxy) is 2. The third kappa shape index (κ3) is 8.34. The second kappa shape index (κ2) is 15.5. The van der Waals surface area contributed by atoms with Crippen LogP contribution in [0, 0.1) is 18.3 Å². The first kappa shape index (κ1) is 39.7. The van der Waals surface area contributed by atoms with Crippen molar-refractivity contribution in [3.8, 4) is 0 Å². The maximum atomic E-state index is 12.0. The second-order valence-corrected chi connectivity index (χ2v) is 17.5. The molecule has 4 aliphatic heterocycles. The summed E-state index contributed by atoms with van der Waals surface area (Å²) in [5.74, 6) is 0.0909. The number of hydroxylamine groups is 2. The molecule has 0 aliphatic carbocycles. The van der Waals surface area contributed by atoms with Gasteiger partial charge in [0, 0.05) is 17.5 Å². The van der Waals surface area contributed by atoms with E-state index in [0.717, 1.165) is 22.7 Å². The molecule has 52 heavy (non-hydrogen) atoms. The van der Waals surface area contributed by atoms with Crippen molar-refractivity contribution in [2.45, 2.75) is 111 Å². The molecular weight excluding hydrogens is 702 g/mol. The minimum atomic E-state index is -3.75. The number of benzene rings is 3. The quantitative estimate of drug-likeness (QED) is 0.259. The smallest absolute Gasteiger partial charge is 0.326 e. The predicted octanol–water partition coefficient (Wildman–Crippen LogP) is 8.10. The normalized spacial score (nSPS) is 25.3. The zero-order valence-electron chi connectivity index (χ0n) is 31.4. The Balaban J connectivity index is 0.000000152. The van der Waals surface area contributed by atoms with Crippen molar-refractivity contribution in [1.82, 2.24) is 9.37 Å². The number of fused-ring (bicyclic) bond motifs is 3. The number of hydrogen-bond donors (Lipinski definition) is 1. The molecule has 2 bridgehead atoms. The highest BCUT2D eigenvalue weighted by Gasteiger charge is 2.60. The van der Waals surface area contributed by atoms with E-state index in [1.807, 2.05) is 38.1 Å². The molecule has 3 aromatic carbocycles. The summed E-state index contributed by atoms with van der Waals surface area (Å²) in [6.45, 7) is 17.5. The van der Waals surface area contributed by atoms with Gasteiger partial charge in [-0.3, -0.25) is 19.1 Å². The van der Waals surface area contributed by atoms with Crippen LogP contribution in [0.4, 0.5) is 5.69 Å². The monoisotopic (exact) mass is 753 g/mol. The van der Waals surface area contributed by atoms with Gasteiger partial charge in [0.05, 0.1) is 53.7 Å². The highest BCUT2D eigenvalue weighted by atomic mass is 35.5. The number of rotatable bonds is 7. The molecule has 282 valence electrons. The van der Waals surface area contributed by atoms with Crippen molar-refractivity contribution in [3.05, 3.63) is 100 Å². The fourth-order valence-electron chi connectivity index (χ4n) is 7.05. The number of hydrogen-bond acceptors (Lipinski definition) is 7. The van der Waals surface area contributed by atoms with E-state index in [1.54, 1.807) is 38.1 Å². The second-order valence-electron chi connectivity index (χ2n) is 15.5. The third-order valence-electron chi connectivity index (χ3n) is 10.4. The Morgan fingerprint density at radius 3 is 2.15 bits per heavy atom. The van der Waals surface area contributed by atoms with Crippen LogP contribution in [-0.4, -0.2) is 59.6 Å². The van der Waals surface area contributed by atoms with Crippen LogP contribution in [0.5, 0.6) is 0 Å². The highest BCUT2D eigenvalue weighted by molar-refractivity contribution is 7.91. The average Bonchev–Trinajstić information content (AvgIpc) is 3.68. The SMILES string of the molecule is CC(C)N1C(=O)c2ccccc2NS1(=O)=O.CC1(C)CON(Cc2ccccc2Cl)C1=O.Cc1ccccc1COC1CC2(C(C)C)CCC1(C)O2. The Labute approximate surface area is 313 Å². The summed E-state index contributed by atoms with van der Waals surface area (Å²) in [5, 5.41) is 2.05. The number of halogens is 1. The van der Waals surface area contributed by atoms with E-state index in [4.69, 9.17) is 25.9 Å². The first-order chi connectivity index (χ1) is 24.4. The number of carbonyl (C=O) groups excluding carboxylic acids is 2. The van der Waals surface area contributed by atoms with Gasteiger partial charge in [0.2, 0.25) is 0 Å². The van der Waals surface area contributed by atoms with Gasteiger partial charge in [-0.15, -0.1) is 0 Å². The summed E-state index contributed by atoms with van der Waals surface area (Å²) in [5.41, 5.74) is 3.77. The van der Waals surface area contributed by atoms with Crippen LogP contribution in [0.3, 0.4) is 0 Å². The number of nitrogens with one attached hydrogen (secondary N) is 1. The van der Waals surface area contributed by atoms with Crippen molar-refractivity contribution >= 4 is 39.3 Å². The minimum Gasteiger partial charge on any atom is -0.370 e. The molecule has 1 N–H and O–H groups in total. The van der Waals surface area contributed by atoms with Crippen molar-refractivity contribution in [3.63, 3.8) is 0 Å². The predicted molar refractivity (Wildman–Crippen MR) is 203 cm³/mol. The number of nitrogens with zero attached hydrogens (tertiary/aromatic N) is 2. The van der Waals surface area contributed by atoms with Gasteiger partial charge in [0.1, 0.15) is 0 Å². The molecule has 0 spiro atoms. The van der Waals surface area contributed by atoms with E-state index in [-0.39, 0.29) is 23.2 Å². The van der Waals surface area contributed by atoms with Crippen LogP contribution in [-0.2, 0) is 42.5 Å². The molecule has 10 nitrogen and oxygen atoms in total. The van der Waals surface area contributed by atoms with E-state index in [1.165, 1.54) is 22.6 Å². The Bertz CT molecular complexity index is 1880. The standard InChI is InChI=1S/C18H26O2.C12H14ClNO2.C10H12N2O3S/c1-13(2)18-10-9-17(4,20-18)16(11-18)19-12-15-8-6-5-7-14(15)3;1-12(2)8-16-14(11(12)15)7-9-5-3-4-6-10(9)13;1-7(2)12-10(13)8-5-3-4-6-9(8)11-16(12,14)15/h5-8,13,16H,9-12H2,1-4H3;3-6H,7-8H2,1-2H3;3-7,11H,1-2H3. The molecule has 3 fully saturated rings. The van der Waals surface area contributed by atoms with E-state index >= 15 is 0 Å². The van der Waals surface area contributed by atoms with E-state index in [0.29, 0.717) is 41.9 Å². The molecule has 0 saturated carbocycles. The minimum absolute atomic E-state index is 0.00687. The van der Waals surface area contributed by atoms with Crippen molar-refractivity contribution in [1.29, 1.82) is 0 Å². The molecule has 4 heterocycles. The molecule has 7 rings (SSSR count). The fourth-order valence-corrected chi connectivity index (χ4v) is 8.67. The van der Waals surface area contributed by atoms with Gasteiger partial charge in [-0.05, 0) is 95.2 Å². The lowest BCUT2D eigenvalue weighted by molar-refractivity contribution is -0.165. The molecule has 2 amide bonds. The first-order valence-corrected chi connectivity index (χ1v) is 19.7. The lowest BCUT2D eigenvalue weighted by Crippen LogP contribution is -2.48. The maximum Gasteiger partial charge on any atom is 0.326 e. The zero-order chi connectivity index (χ0) is 38.1. The lowest BCUT2D eigenvalue weighted by atomic mass is 9.75. The Hall–Kier alpha value is -3.48. The molecule has 0 radical (unpaired) electrons. The largest absolute Gasteiger partial charge is 0.370 e. The maximum absolute atomic E-state index is 12.0. The van der Waals surface area contributed by atoms with Crippen LogP contribution in [0.15, 0.2) is 72.8 Å². The summed E-state index contributed by atoms with van der Waals surface area (Å²) in [4.78, 5) is 29.2. The Kier molecular flexibility index (Phi) is 11.8. The van der Waals surface area contributed by atoms with Gasteiger partial charge in [-0.1, -0.05) is 80.0 Å². The molecule has 3 aromatic rings. The number of carbonyl (C=O) groups is 2. The fraction of sp³-hybridized carbons (Fsp3) is 0.500. The van der Waals surface area contributed by atoms with Gasteiger partial charge >= 0.3 is 10.2 Å². The summed E-state index contributed by atoms with van der Waals surface area (Å²) in [7, 11) is -3.75. The topological polar surface area (TPSA) is 114 Å². The van der Waals surface area contributed by atoms with Gasteiger partial charge in [0.15, 0.2) is 0 Å². The number of anilines is 1. The molecule has 3 unspecified atom stereocenters. The summed E-state index contributed by atoms with van der Waals surface area (Å²) in [6, 6.07) is 22.1. The van der Waals surface area contributed by atoms with Crippen molar-refractivity contribution < 1.29 is 32.3 Å². The van der Waals surface area contributed by atoms with E-state index in [2.05, 4.69) is 56.7 Å². The zero-order valence-corrected chi connectivity index (χ0v) is 33.0. The Morgan fingerprint density at radius 2 is 1.56 bits per heavy atom. The number of para-hydroxylation sites is 1.